The summed E-state index contributed by atoms with van der Waals surface area (Å²) in [6, 6.07) is 14.6. The molecule has 4 aliphatic carbocycles. The summed E-state index contributed by atoms with van der Waals surface area (Å²) in [5.41, 5.74) is 0.168. The molecule has 0 unspecified atom stereocenters. The van der Waals surface area contributed by atoms with Crippen LogP contribution in [0.15, 0.2) is 54.6 Å². The summed E-state index contributed by atoms with van der Waals surface area (Å²) < 4.78 is 64.3. The van der Waals surface area contributed by atoms with Crippen LogP contribution in [-0.4, -0.2) is 85.4 Å². The molecule has 10 nitrogen and oxygen atoms in total. The molecular formula is C39H51N3O7S2. The number of methoxy groups -OCH3 is 1. The molecule has 2 saturated heterocycles. The highest BCUT2D eigenvalue weighted by molar-refractivity contribution is 7.90. The number of carbonyl (C=O) groups is 2. The molecule has 12 heteroatoms. The van der Waals surface area contributed by atoms with E-state index in [1.807, 2.05) is 42.5 Å². The van der Waals surface area contributed by atoms with Crippen molar-refractivity contribution in [3.8, 4) is 5.75 Å². The lowest BCUT2D eigenvalue weighted by Gasteiger charge is -2.39. The molecule has 276 valence electrons. The molecule has 2 spiro atoms. The number of carbonyl (C=O) groups excluding carboxylic acids is 2. The third-order valence-electron chi connectivity index (χ3n) is 15.2. The molecule has 2 amide bonds. The predicted octanol–water partition coefficient (Wildman–Crippen LogP) is 4.84. The summed E-state index contributed by atoms with van der Waals surface area (Å²) >= 11 is 0. The van der Waals surface area contributed by atoms with Gasteiger partial charge in [0.05, 0.1) is 31.2 Å². The molecule has 7 atom stereocenters. The van der Waals surface area contributed by atoms with E-state index < -0.39 is 54.8 Å². The monoisotopic (exact) mass is 737 g/mol. The van der Waals surface area contributed by atoms with Gasteiger partial charge in [0.1, 0.15) is 11.8 Å². The van der Waals surface area contributed by atoms with Crippen molar-refractivity contribution >= 4 is 31.9 Å². The van der Waals surface area contributed by atoms with Crippen LogP contribution in [-0.2, 0) is 42.6 Å². The number of hydrogen-bond acceptors (Lipinski definition) is 7. The van der Waals surface area contributed by atoms with Crippen molar-refractivity contribution in [3.05, 3.63) is 65.7 Å². The third kappa shape index (κ3) is 4.94. The Kier molecular flexibility index (Phi) is 7.93. The molecule has 0 radical (unpaired) electrons. The number of hydrogen-bond donors (Lipinski definition) is 0. The van der Waals surface area contributed by atoms with Gasteiger partial charge in [0.2, 0.25) is 26.0 Å². The van der Waals surface area contributed by atoms with Gasteiger partial charge in [-0.1, -0.05) is 70.2 Å². The topological polar surface area (TPSA) is 121 Å². The van der Waals surface area contributed by atoms with Crippen molar-refractivity contribution in [3.63, 3.8) is 0 Å². The summed E-state index contributed by atoms with van der Waals surface area (Å²) in [4.78, 5) is 31.5. The van der Waals surface area contributed by atoms with Gasteiger partial charge in [0.25, 0.3) is 5.91 Å². The Balaban J connectivity index is 1.19. The van der Waals surface area contributed by atoms with Gasteiger partial charge in [0.15, 0.2) is 0 Å². The van der Waals surface area contributed by atoms with Gasteiger partial charge in [-0.25, -0.2) is 21.1 Å². The first-order valence-electron chi connectivity index (χ1n) is 18.5. The van der Waals surface area contributed by atoms with Crippen molar-refractivity contribution < 1.29 is 31.2 Å². The largest absolute Gasteiger partial charge is 0.497 e. The average Bonchev–Trinajstić information content (AvgIpc) is 3.77. The van der Waals surface area contributed by atoms with Crippen molar-refractivity contribution in [2.75, 3.05) is 25.2 Å². The van der Waals surface area contributed by atoms with E-state index in [0.717, 1.165) is 47.5 Å². The van der Waals surface area contributed by atoms with Crippen LogP contribution >= 0.6 is 0 Å². The first-order chi connectivity index (χ1) is 24.0. The Bertz CT molecular complexity index is 1970. The Morgan fingerprint density at radius 1 is 0.804 bits per heavy atom. The second kappa shape index (κ2) is 11.5. The lowest BCUT2D eigenvalue weighted by Crippen LogP contribution is -2.56. The quantitative estimate of drug-likeness (QED) is 0.361. The zero-order valence-corrected chi connectivity index (χ0v) is 32.0. The van der Waals surface area contributed by atoms with Crippen LogP contribution in [0.5, 0.6) is 5.75 Å². The van der Waals surface area contributed by atoms with E-state index in [-0.39, 0.29) is 47.9 Å². The van der Waals surface area contributed by atoms with E-state index >= 15 is 4.79 Å². The summed E-state index contributed by atoms with van der Waals surface area (Å²) in [7, 11) is -6.18. The minimum absolute atomic E-state index is 0.00168. The molecule has 0 N–H and O–H groups in total. The van der Waals surface area contributed by atoms with Crippen molar-refractivity contribution in [2.24, 2.45) is 33.5 Å². The zero-order valence-electron chi connectivity index (χ0n) is 30.4. The maximum Gasteiger partial charge on any atom is 0.259 e. The summed E-state index contributed by atoms with van der Waals surface area (Å²) in [6.45, 7) is 8.26. The number of benzene rings is 2. The number of amides is 2. The molecule has 6 fully saturated rings. The minimum Gasteiger partial charge on any atom is -0.497 e. The summed E-state index contributed by atoms with van der Waals surface area (Å²) in [6.07, 6.45) is 4.94. The maximum atomic E-state index is 15.2. The normalized spacial score (nSPS) is 35.0. The molecule has 2 heterocycles. The maximum absolute atomic E-state index is 15.2. The van der Waals surface area contributed by atoms with Gasteiger partial charge < -0.3 is 9.64 Å². The SMILES string of the molecule is COc1ccc(CN(C(=O)CN2[C@H]3C[C@@H]4CC[C@@]3(CS2(=O)=O)C4(C)C)[C@@H](Cc2ccccc2)C(=O)N2[C@H]3C[C@@H]4CC[C@@]3(CS2(=O)=O)C4(C)C)cc1. The van der Waals surface area contributed by atoms with Gasteiger partial charge in [-0.3, -0.25) is 9.59 Å². The molecule has 51 heavy (non-hydrogen) atoms. The Morgan fingerprint density at radius 2 is 1.37 bits per heavy atom. The van der Waals surface area contributed by atoms with E-state index in [0.29, 0.717) is 24.0 Å². The number of sulfonamides is 2. The number of ether oxygens (including phenoxy) is 1. The van der Waals surface area contributed by atoms with Crippen LogP contribution in [0.2, 0.25) is 0 Å². The fourth-order valence-electron chi connectivity index (χ4n) is 12.0. The second-order valence-corrected chi connectivity index (χ2v) is 21.3. The molecule has 6 aliphatic rings. The van der Waals surface area contributed by atoms with Gasteiger partial charge in [-0.15, -0.1) is 0 Å². The Labute approximate surface area is 303 Å². The Morgan fingerprint density at radius 3 is 1.96 bits per heavy atom. The Hall–Kier alpha value is -2.96. The standard InChI is InChI=1S/C39H51N3O7S2/c1-36(2)28-15-17-38(36)24-50(45,46)41(32(38)20-28)23-34(43)40(22-27-11-13-30(49-5)14-12-27)31(19-26-9-7-6-8-10-26)35(44)42-33-21-29-16-18-39(33,37(29,3)4)25-51(42,47)48/h6-14,28-29,31-33H,15-25H2,1-5H3/t28-,29-,31-,32-,33-,38-,39-/m0/s1. The summed E-state index contributed by atoms with van der Waals surface area (Å²) in [5, 5.41) is 0. The van der Waals surface area contributed by atoms with Crippen LogP contribution in [0.4, 0.5) is 0 Å². The number of fused-ring (bicyclic) bond motifs is 2. The first kappa shape index (κ1) is 35.1. The van der Waals surface area contributed by atoms with Crippen LogP contribution in [0.1, 0.15) is 77.3 Å². The lowest BCUT2D eigenvalue weighted by atomic mass is 9.69. The van der Waals surface area contributed by atoms with Crippen LogP contribution in [0, 0.1) is 33.5 Å². The smallest absolute Gasteiger partial charge is 0.259 e. The molecule has 8 rings (SSSR count). The van der Waals surface area contributed by atoms with Crippen LogP contribution < -0.4 is 4.74 Å². The first-order valence-corrected chi connectivity index (χ1v) is 21.7. The highest BCUT2D eigenvalue weighted by Crippen LogP contribution is 2.71. The minimum atomic E-state index is -3.99. The highest BCUT2D eigenvalue weighted by Gasteiger charge is 2.73. The van der Waals surface area contributed by atoms with E-state index in [4.69, 9.17) is 4.74 Å². The van der Waals surface area contributed by atoms with Gasteiger partial charge in [-0.2, -0.15) is 4.31 Å². The average molecular weight is 738 g/mol. The van der Waals surface area contributed by atoms with E-state index in [1.165, 1.54) is 9.21 Å². The predicted molar refractivity (Wildman–Crippen MR) is 193 cm³/mol. The van der Waals surface area contributed by atoms with E-state index in [9.17, 15) is 21.6 Å². The van der Waals surface area contributed by atoms with Gasteiger partial charge in [-0.05, 0) is 84.5 Å². The number of nitrogens with zero attached hydrogens (tertiary/aromatic N) is 3. The fourth-order valence-corrected chi connectivity index (χ4v) is 17.1. The van der Waals surface area contributed by atoms with Crippen LogP contribution in [0.3, 0.4) is 0 Å². The van der Waals surface area contributed by atoms with Crippen molar-refractivity contribution in [2.45, 2.75) is 97.3 Å². The van der Waals surface area contributed by atoms with Crippen molar-refractivity contribution in [1.29, 1.82) is 0 Å². The third-order valence-corrected chi connectivity index (χ3v) is 19.1. The molecule has 2 aromatic carbocycles. The fraction of sp³-hybridized carbons (Fsp3) is 0.641. The molecule has 0 aromatic heterocycles. The molecule has 2 aliphatic heterocycles. The molecule has 2 aromatic rings. The molecule has 4 bridgehead atoms. The van der Waals surface area contributed by atoms with Crippen LogP contribution in [0.25, 0.3) is 0 Å². The molecule has 4 saturated carbocycles. The zero-order chi connectivity index (χ0) is 36.4. The molecular weight excluding hydrogens is 687 g/mol. The highest BCUT2D eigenvalue weighted by atomic mass is 32.2. The van der Waals surface area contributed by atoms with E-state index in [2.05, 4.69) is 27.7 Å². The second-order valence-electron chi connectivity index (χ2n) is 17.5. The van der Waals surface area contributed by atoms with Gasteiger partial charge in [0, 0.05) is 29.8 Å². The van der Waals surface area contributed by atoms with E-state index in [1.54, 1.807) is 19.2 Å². The van der Waals surface area contributed by atoms with Gasteiger partial charge >= 0.3 is 0 Å². The lowest BCUT2D eigenvalue weighted by molar-refractivity contribution is -0.145. The number of rotatable bonds is 9. The summed E-state index contributed by atoms with van der Waals surface area (Å²) in [5.74, 6) is 0.187. The van der Waals surface area contributed by atoms with Crippen molar-refractivity contribution in [1.82, 2.24) is 13.5 Å².